The molecule has 1 aromatic heterocycles. The molecule has 20 heavy (non-hydrogen) atoms. The highest BCUT2D eigenvalue weighted by molar-refractivity contribution is 5.95. The van der Waals surface area contributed by atoms with Gasteiger partial charge in [-0.25, -0.2) is 9.78 Å². The molecule has 0 spiro atoms. The van der Waals surface area contributed by atoms with E-state index < -0.39 is 5.97 Å². The Morgan fingerprint density at radius 2 is 1.90 bits per heavy atom. The maximum absolute atomic E-state index is 12.3. The van der Waals surface area contributed by atoms with Crippen molar-refractivity contribution in [3.05, 3.63) is 23.9 Å². The van der Waals surface area contributed by atoms with Crippen molar-refractivity contribution in [2.75, 3.05) is 5.32 Å². The Kier molecular flexibility index (Phi) is 2.40. The summed E-state index contributed by atoms with van der Waals surface area (Å²) in [5, 5.41) is 11.7. The summed E-state index contributed by atoms with van der Waals surface area (Å²) in [5.41, 5.74) is -0.0427. The summed E-state index contributed by atoms with van der Waals surface area (Å²) in [7, 11) is 0. The van der Waals surface area contributed by atoms with Crippen LogP contribution in [0.2, 0.25) is 0 Å². The number of nitrogens with zero attached hydrogens (tertiary/aromatic N) is 1. The molecule has 4 rings (SSSR count). The average molecular weight is 272 g/mol. The number of carbonyl (C=O) groups is 2. The van der Waals surface area contributed by atoms with Crippen molar-refractivity contribution in [1.82, 2.24) is 4.98 Å². The minimum atomic E-state index is -1.08. The Balaban J connectivity index is 1.46. The van der Waals surface area contributed by atoms with Gasteiger partial charge in [-0.2, -0.15) is 0 Å². The largest absolute Gasteiger partial charge is 0.477 e. The highest BCUT2D eigenvalue weighted by Gasteiger charge is 2.67. The first-order chi connectivity index (χ1) is 9.65. The van der Waals surface area contributed by atoms with Crippen molar-refractivity contribution in [2.45, 2.75) is 19.3 Å². The third-order valence-electron chi connectivity index (χ3n) is 5.26. The molecule has 1 heterocycles. The van der Waals surface area contributed by atoms with Gasteiger partial charge in [-0.05, 0) is 55.1 Å². The van der Waals surface area contributed by atoms with Crippen molar-refractivity contribution in [1.29, 1.82) is 0 Å². The minimum absolute atomic E-state index is 0.0200. The Bertz CT molecular complexity index is 585. The predicted molar refractivity (Wildman–Crippen MR) is 71.1 cm³/mol. The minimum Gasteiger partial charge on any atom is -0.477 e. The van der Waals surface area contributed by atoms with Crippen molar-refractivity contribution in [2.24, 2.45) is 29.6 Å². The molecule has 0 radical (unpaired) electrons. The van der Waals surface area contributed by atoms with Crippen LogP contribution in [0.1, 0.15) is 29.8 Å². The fraction of sp³-hybridized carbons (Fsp3) is 0.533. The molecule has 5 nitrogen and oxygen atoms in total. The number of carboxylic acids is 1. The standard InChI is InChI=1S/C15H16N2O3/c18-14(13-11-7-4-5-8(6-7)12(11)13)17-10-3-1-2-9(16-10)15(19)20/h1-3,7-8,11-13H,4-6H2,(H,19,20)(H,16,17,18). The lowest BCUT2D eigenvalue weighted by molar-refractivity contribution is -0.118. The van der Waals surface area contributed by atoms with E-state index in [4.69, 9.17) is 5.11 Å². The van der Waals surface area contributed by atoms with Crippen LogP contribution in [-0.2, 0) is 4.79 Å². The molecule has 3 aliphatic carbocycles. The second-order valence-corrected chi connectivity index (χ2v) is 6.22. The van der Waals surface area contributed by atoms with Crippen LogP contribution < -0.4 is 5.32 Å². The molecule has 0 saturated heterocycles. The molecule has 1 aromatic rings. The first kappa shape index (κ1) is 11.9. The van der Waals surface area contributed by atoms with Gasteiger partial charge in [-0.1, -0.05) is 6.07 Å². The number of hydrogen-bond donors (Lipinski definition) is 2. The molecule has 3 saturated carbocycles. The van der Waals surface area contributed by atoms with Crippen LogP contribution in [0.25, 0.3) is 0 Å². The number of pyridine rings is 1. The zero-order chi connectivity index (χ0) is 13.9. The SMILES string of the molecule is O=C(O)c1cccc(NC(=O)C2C3C4CCC(C4)C23)n1. The summed E-state index contributed by atoms with van der Waals surface area (Å²) >= 11 is 0. The molecule has 2 N–H and O–H groups in total. The molecule has 4 atom stereocenters. The summed E-state index contributed by atoms with van der Waals surface area (Å²) in [6.45, 7) is 0. The van der Waals surface area contributed by atoms with Crippen LogP contribution in [0.3, 0.4) is 0 Å². The second-order valence-electron chi connectivity index (χ2n) is 6.22. The molecule has 2 bridgehead atoms. The maximum atomic E-state index is 12.3. The van der Waals surface area contributed by atoms with Gasteiger partial charge in [0.2, 0.25) is 5.91 Å². The number of anilines is 1. The Morgan fingerprint density at radius 1 is 1.20 bits per heavy atom. The molecule has 5 heteroatoms. The van der Waals surface area contributed by atoms with E-state index in [0.29, 0.717) is 17.7 Å². The van der Waals surface area contributed by atoms with E-state index in [2.05, 4.69) is 10.3 Å². The van der Waals surface area contributed by atoms with Crippen molar-refractivity contribution < 1.29 is 14.7 Å². The number of hydrogen-bond acceptors (Lipinski definition) is 3. The molecule has 0 aliphatic heterocycles. The second kappa shape index (κ2) is 4.04. The fourth-order valence-corrected chi connectivity index (χ4v) is 4.51. The summed E-state index contributed by atoms with van der Waals surface area (Å²) in [6.07, 6.45) is 3.87. The zero-order valence-corrected chi connectivity index (χ0v) is 11.0. The molecule has 1 amide bonds. The molecule has 3 aliphatic rings. The van der Waals surface area contributed by atoms with Gasteiger partial charge in [-0.15, -0.1) is 0 Å². The van der Waals surface area contributed by atoms with Gasteiger partial charge in [0.15, 0.2) is 5.69 Å². The van der Waals surface area contributed by atoms with Crippen LogP contribution >= 0.6 is 0 Å². The van der Waals surface area contributed by atoms with Gasteiger partial charge >= 0.3 is 5.97 Å². The number of rotatable bonds is 3. The Hall–Kier alpha value is -1.91. The van der Waals surface area contributed by atoms with E-state index in [-0.39, 0.29) is 17.5 Å². The van der Waals surface area contributed by atoms with Crippen LogP contribution in [0.5, 0.6) is 0 Å². The first-order valence-electron chi connectivity index (χ1n) is 7.16. The quantitative estimate of drug-likeness (QED) is 0.882. The van der Waals surface area contributed by atoms with Gasteiger partial charge in [0.05, 0.1) is 0 Å². The molecule has 3 fully saturated rings. The lowest BCUT2D eigenvalue weighted by atomic mass is 10.0. The molecule has 104 valence electrons. The molecule has 0 aromatic carbocycles. The molecule has 4 unspecified atom stereocenters. The Labute approximate surface area is 116 Å². The number of amides is 1. The van der Waals surface area contributed by atoms with Crippen molar-refractivity contribution >= 4 is 17.7 Å². The molecular formula is C15H16N2O3. The van der Waals surface area contributed by atoms with Gasteiger partial charge in [-0.3, -0.25) is 4.79 Å². The van der Waals surface area contributed by atoms with Crippen LogP contribution in [0.15, 0.2) is 18.2 Å². The number of carbonyl (C=O) groups excluding carboxylic acids is 1. The normalized spacial score (nSPS) is 36.5. The molecular weight excluding hydrogens is 256 g/mol. The maximum Gasteiger partial charge on any atom is 0.354 e. The van der Waals surface area contributed by atoms with Crippen LogP contribution in [-0.4, -0.2) is 22.0 Å². The summed E-state index contributed by atoms with van der Waals surface area (Å²) in [4.78, 5) is 27.1. The van der Waals surface area contributed by atoms with Gasteiger partial charge in [0.25, 0.3) is 0 Å². The van der Waals surface area contributed by atoms with Crippen LogP contribution in [0.4, 0.5) is 5.82 Å². The highest BCUT2D eigenvalue weighted by Crippen LogP contribution is 2.69. The number of fused-ring (bicyclic) bond motifs is 5. The smallest absolute Gasteiger partial charge is 0.354 e. The monoisotopic (exact) mass is 272 g/mol. The van der Waals surface area contributed by atoms with Gasteiger partial charge in [0.1, 0.15) is 5.82 Å². The van der Waals surface area contributed by atoms with Gasteiger partial charge in [0, 0.05) is 5.92 Å². The van der Waals surface area contributed by atoms with Gasteiger partial charge < -0.3 is 10.4 Å². The first-order valence-corrected chi connectivity index (χ1v) is 7.16. The summed E-state index contributed by atoms with van der Waals surface area (Å²) in [6, 6.07) is 4.66. The van der Waals surface area contributed by atoms with E-state index in [9.17, 15) is 9.59 Å². The third-order valence-corrected chi connectivity index (χ3v) is 5.26. The number of aromatic carboxylic acids is 1. The lowest BCUT2D eigenvalue weighted by Gasteiger charge is -2.09. The predicted octanol–water partition coefficient (Wildman–Crippen LogP) is 2.01. The summed E-state index contributed by atoms with van der Waals surface area (Å²) in [5.74, 6) is 2.07. The number of aromatic nitrogens is 1. The highest BCUT2D eigenvalue weighted by atomic mass is 16.4. The average Bonchev–Trinajstić information content (AvgIpc) is 2.88. The van der Waals surface area contributed by atoms with Crippen molar-refractivity contribution in [3.63, 3.8) is 0 Å². The number of carboxylic acid groups (broad SMARTS) is 1. The lowest BCUT2D eigenvalue weighted by Crippen LogP contribution is -2.19. The fourth-order valence-electron chi connectivity index (χ4n) is 4.51. The van der Waals surface area contributed by atoms with E-state index >= 15 is 0 Å². The van der Waals surface area contributed by atoms with E-state index in [1.165, 1.54) is 25.3 Å². The van der Waals surface area contributed by atoms with E-state index in [1.807, 2.05) is 0 Å². The zero-order valence-electron chi connectivity index (χ0n) is 11.0. The Morgan fingerprint density at radius 3 is 2.55 bits per heavy atom. The topological polar surface area (TPSA) is 79.3 Å². The van der Waals surface area contributed by atoms with E-state index in [1.54, 1.807) is 12.1 Å². The number of nitrogens with one attached hydrogen (secondary N) is 1. The third kappa shape index (κ3) is 1.65. The van der Waals surface area contributed by atoms with Crippen LogP contribution in [0, 0.1) is 29.6 Å². The van der Waals surface area contributed by atoms with E-state index in [0.717, 1.165) is 11.8 Å². The van der Waals surface area contributed by atoms with Crippen molar-refractivity contribution in [3.8, 4) is 0 Å². The summed E-state index contributed by atoms with van der Waals surface area (Å²) < 4.78 is 0.